The highest BCUT2D eigenvalue weighted by atomic mass is 16.5. The van der Waals surface area contributed by atoms with Gasteiger partial charge in [-0.15, -0.1) is 0 Å². The van der Waals surface area contributed by atoms with E-state index in [1.54, 1.807) is 0 Å². The molecule has 0 saturated heterocycles. The number of esters is 2. The van der Waals surface area contributed by atoms with Crippen molar-refractivity contribution in [3.8, 4) is 0 Å². The monoisotopic (exact) mass is 480 g/mol. The molecule has 0 saturated carbocycles. The average Bonchev–Trinajstić information content (AvgIpc) is 2.78. The van der Waals surface area contributed by atoms with E-state index in [0.29, 0.717) is 12.8 Å². The smallest absolute Gasteiger partial charge is 0.306 e. The van der Waals surface area contributed by atoms with Crippen LogP contribution in [0.2, 0.25) is 0 Å². The quantitative estimate of drug-likeness (QED) is 0.0784. The second-order valence-electron chi connectivity index (χ2n) is 9.97. The third-order valence-corrected chi connectivity index (χ3v) is 6.23. The molecule has 2 atom stereocenters. The van der Waals surface area contributed by atoms with Gasteiger partial charge in [-0.2, -0.15) is 0 Å². The number of allylic oxidation sites excluding steroid dienone is 2. The largest absolute Gasteiger partial charge is 0.463 e. The van der Waals surface area contributed by atoms with Gasteiger partial charge >= 0.3 is 11.9 Å². The van der Waals surface area contributed by atoms with Gasteiger partial charge in [0.15, 0.2) is 0 Å². The first-order valence-corrected chi connectivity index (χ1v) is 14.5. The van der Waals surface area contributed by atoms with E-state index in [2.05, 4.69) is 26.0 Å². The fraction of sp³-hybridized carbons (Fsp3) is 0.867. The van der Waals surface area contributed by atoms with E-state index in [0.717, 1.165) is 51.4 Å². The molecule has 0 radical (unpaired) electrons. The van der Waals surface area contributed by atoms with Crippen LogP contribution in [-0.2, 0) is 19.1 Å². The molecule has 0 aliphatic carbocycles. The second kappa shape index (κ2) is 24.8. The Morgan fingerprint density at radius 2 is 0.882 bits per heavy atom. The summed E-state index contributed by atoms with van der Waals surface area (Å²) >= 11 is 0. The number of hydrogen-bond acceptors (Lipinski definition) is 4. The van der Waals surface area contributed by atoms with Gasteiger partial charge in [0.1, 0.15) is 0 Å². The molecular formula is C30H56O4. The van der Waals surface area contributed by atoms with Crippen molar-refractivity contribution in [1.29, 1.82) is 0 Å². The Morgan fingerprint density at radius 3 is 1.24 bits per heavy atom. The minimum Gasteiger partial charge on any atom is -0.463 e. The molecule has 0 heterocycles. The lowest BCUT2D eigenvalue weighted by Gasteiger charge is -2.11. The minimum atomic E-state index is -0.0293. The first kappa shape index (κ1) is 32.7. The Hall–Kier alpha value is -1.32. The summed E-state index contributed by atoms with van der Waals surface area (Å²) in [4.78, 5) is 23.4. The van der Waals surface area contributed by atoms with E-state index in [4.69, 9.17) is 9.47 Å². The molecule has 0 fully saturated rings. The van der Waals surface area contributed by atoms with Crippen LogP contribution in [-0.4, -0.2) is 24.1 Å². The molecule has 0 aromatic heterocycles. The zero-order chi connectivity index (χ0) is 25.3. The van der Waals surface area contributed by atoms with Crippen LogP contribution in [0.4, 0.5) is 0 Å². The first-order chi connectivity index (χ1) is 16.5. The number of unbranched alkanes of at least 4 members (excludes halogenated alkanes) is 12. The summed E-state index contributed by atoms with van der Waals surface area (Å²) in [6.45, 7) is 8.19. The Kier molecular flexibility index (Phi) is 23.8. The lowest BCUT2D eigenvalue weighted by Crippen LogP contribution is -2.14. The number of hydrogen-bond donors (Lipinski definition) is 0. The maximum atomic E-state index is 11.7. The van der Waals surface area contributed by atoms with Crippen LogP contribution in [0.15, 0.2) is 12.2 Å². The fourth-order valence-electron chi connectivity index (χ4n) is 4.21. The number of carbonyl (C=O) groups excluding carboxylic acids is 2. The van der Waals surface area contributed by atoms with Crippen molar-refractivity contribution in [2.24, 2.45) is 0 Å². The predicted molar refractivity (Wildman–Crippen MR) is 144 cm³/mol. The molecule has 2 unspecified atom stereocenters. The Labute approximate surface area is 211 Å². The van der Waals surface area contributed by atoms with E-state index in [1.807, 2.05) is 13.8 Å². The fourth-order valence-corrected chi connectivity index (χ4v) is 4.21. The molecule has 0 spiro atoms. The average molecular weight is 481 g/mol. The Bertz CT molecular complexity index is 500. The van der Waals surface area contributed by atoms with Crippen LogP contribution in [0.3, 0.4) is 0 Å². The van der Waals surface area contributed by atoms with Gasteiger partial charge in [0.25, 0.3) is 0 Å². The van der Waals surface area contributed by atoms with E-state index in [1.165, 1.54) is 64.2 Å². The van der Waals surface area contributed by atoms with Crippen molar-refractivity contribution < 1.29 is 19.1 Å². The molecule has 0 rings (SSSR count). The summed E-state index contributed by atoms with van der Waals surface area (Å²) < 4.78 is 10.8. The van der Waals surface area contributed by atoms with Crippen LogP contribution >= 0.6 is 0 Å². The number of carbonyl (C=O) groups is 2. The van der Waals surface area contributed by atoms with Crippen molar-refractivity contribution in [3.05, 3.63) is 12.2 Å². The van der Waals surface area contributed by atoms with Crippen molar-refractivity contribution in [1.82, 2.24) is 0 Å². The van der Waals surface area contributed by atoms with Gasteiger partial charge < -0.3 is 9.47 Å². The van der Waals surface area contributed by atoms with Gasteiger partial charge in [-0.3, -0.25) is 9.59 Å². The number of ether oxygens (including phenoxy) is 2. The highest BCUT2D eigenvalue weighted by Crippen LogP contribution is 2.13. The molecule has 4 nitrogen and oxygen atoms in total. The molecule has 0 amide bonds. The Balaban J connectivity index is 3.32. The van der Waals surface area contributed by atoms with Crippen molar-refractivity contribution in [3.63, 3.8) is 0 Å². The standard InChI is InChI=1S/C30H56O4/c1-5-23-27(3)33-29(31)25-21-19-17-15-13-11-9-7-8-10-12-14-16-18-20-22-26-30(32)34-28(4)24-6-2/h7,9,27-28H,5-6,8,10-26H2,1-4H3/b9-7+. The Morgan fingerprint density at radius 1 is 0.559 bits per heavy atom. The highest BCUT2D eigenvalue weighted by molar-refractivity contribution is 5.69. The lowest BCUT2D eigenvalue weighted by atomic mass is 10.1. The van der Waals surface area contributed by atoms with Crippen LogP contribution in [0.25, 0.3) is 0 Å². The predicted octanol–water partition coefficient (Wildman–Crippen LogP) is 9.25. The topological polar surface area (TPSA) is 52.6 Å². The van der Waals surface area contributed by atoms with Gasteiger partial charge in [0.2, 0.25) is 0 Å². The van der Waals surface area contributed by atoms with E-state index in [-0.39, 0.29) is 24.1 Å². The van der Waals surface area contributed by atoms with Gasteiger partial charge in [-0.05, 0) is 65.2 Å². The molecule has 0 aromatic carbocycles. The third-order valence-electron chi connectivity index (χ3n) is 6.23. The zero-order valence-corrected chi connectivity index (χ0v) is 23.1. The molecular weight excluding hydrogens is 424 g/mol. The second-order valence-corrected chi connectivity index (χ2v) is 9.97. The van der Waals surface area contributed by atoms with Crippen molar-refractivity contribution in [2.75, 3.05) is 0 Å². The summed E-state index contributed by atoms with van der Waals surface area (Å²) in [6.07, 6.45) is 26.7. The van der Waals surface area contributed by atoms with E-state index < -0.39 is 0 Å². The first-order valence-electron chi connectivity index (χ1n) is 14.5. The summed E-state index contributed by atoms with van der Waals surface area (Å²) in [5, 5.41) is 0. The van der Waals surface area contributed by atoms with Gasteiger partial charge in [0, 0.05) is 12.8 Å². The van der Waals surface area contributed by atoms with Crippen molar-refractivity contribution in [2.45, 2.75) is 168 Å². The van der Waals surface area contributed by atoms with Gasteiger partial charge in [0.05, 0.1) is 12.2 Å². The molecule has 0 N–H and O–H groups in total. The molecule has 0 bridgehead atoms. The molecule has 0 aromatic rings. The summed E-state index contributed by atoms with van der Waals surface area (Å²) in [7, 11) is 0. The number of rotatable bonds is 24. The van der Waals surface area contributed by atoms with Gasteiger partial charge in [-0.25, -0.2) is 0 Å². The van der Waals surface area contributed by atoms with Gasteiger partial charge in [-0.1, -0.05) is 90.2 Å². The SMILES string of the molecule is CCCC(C)OC(=O)CCCCCCC/C=C/CCCCCCCCCC(=O)OC(C)CCC. The normalized spacial score (nSPS) is 13.2. The molecule has 200 valence electrons. The van der Waals surface area contributed by atoms with Crippen LogP contribution in [0.5, 0.6) is 0 Å². The summed E-state index contributed by atoms with van der Waals surface area (Å²) in [5.74, 6) is -0.0551. The van der Waals surface area contributed by atoms with Crippen LogP contribution < -0.4 is 0 Å². The third kappa shape index (κ3) is 23.8. The molecule has 0 aliphatic rings. The lowest BCUT2D eigenvalue weighted by molar-refractivity contribution is -0.149. The van der Waals surface area contributed by atoms with E-state index in [9.17, 15) is 9.59 Å². The molecule has 34 heavy (non-hydrogen) atoms. The molecule has 0 aliphatic heterocycles. The maximum Gasteiger partial charge on any atom is 0.306 e. The summed E-state index contributed by atoms with van der Waals surface area (Å²) in [5.41, 5.74) is 0. The van der Waals surface area contributed by atoms with Crippen molar-refractivity contribution >= 4 is 11.9 Å². The zero-order valence-electron chi connectivity index (χ0n) is 23.1. The minimum absolute atomic E-state index is 0.0258. The summed E-state index contributed by atoms with van der Waals surface area (Å²) in [6, 6.07) is 0. The highest BCUT2D eigenvalue weighted by Gasteiger charge is 2.08. The van der Waals surface area contributed by atoms with E-state index >= 15 is 0 Å². The van der Waals surface area contributed by atoms with Crippen LogP contribution in [0, 0.1) is 0 Å². The molecule has 4 heteroatoms. The maximum absolute atomic E-state index is 11.7. The van der Waals surface area contributed by atoms with Crippen LogP contribution in [0.1, 0.15) is 156 Å².